The standard InChI is InChI=1S/C24H23F2N3O3S/c1-16(2)29(19-12-10-18(11-13-19)28-17-7-4-3-5-8-17)21(30)15-32-23(31)20-9-6-14-27-22(20)33-24(25)26/h3-14,16,24,28H,15H2,1-2H3. The van der Waals surface area contributed by atoms with E-state index in [9.17, 15) is 18.4 Å². The summed E-state index contributed by atoms with van der Waals surface area (Å²) < 4.78 is 30.6. The smallest absolute Gasteiger partial charge is 0.341 e. The van der Waals surface area contributed by atoms with Gasteiger partial charge in [-0.3, -0.25) is 4.79 Å². The van der Waals surface area contributed by atoms with E-state index in [-0.39, 0.29) is 28.4 Å². The number of ether oxygens (including phenoxy) is 1. The second kappa shape index (κ2) is 11.4. The minimum atomic E-state index is -2.73. The number of esters is 1. The molecular formula is C24H23F2N3O3S. The van der Waals surface area contributed by atoms with E-state index in [1.165, 1.54) is 23.2 Å². The molecule has 1 aromatic heterocycles. The Morgan fingerprint density at radius 3 is 2.30 bits per heavy atom. The van der Waals surface area contributed by atoms with Gasteiger partial charge in [0.05, 0.1) is 5.56 Å². The van der Waals surface area contributed by atoms with Crippen molar-refractivity contribution in [3.63, 3.8) is 0 Å². The number of thioether (sulfide) groups is 1. The number of carbonyl (C=O) groups excluding carboxylic acids is 2. The van der Waals surface area contributed by atoms with E-state index in [2.05, 4.69) is 10.3 Å². The summed E-state index contributed by atoms with van der Waals surface area (Å²) in [6.45, 7) is 3.15. The molecule has 0 unspecified atom stereocenters. The molecule has 1 heterocycles. The first-order valence-corrected chi connectivity index (χ1v) is 11.0. The van der Waals surface area contributed by atoms with Crippen LogP contribution in [0.1, 0.15) is 24.2 Å². The van der Waals surface area contributed by atoms with Gasteiger partial charge >= 0.3 is 5.97 Å². The van der Waals surface area contributed by atoms with Gasteiger partial charge in [0.2, 0.25) is 0 Å². The average Bonchev–Trinajstić information content (AvgIpc) is 2.79. The van der Waals surface area contributed by atoms with Crippen LogP contribution in [0.5, 0.6) is 0 Å². The third-order valence-corrected chi connectivity index (χ3v) is 5.24. The fraction of sp³-hybridized carbons (Fsp3) is 0.208. The maximum absolute atomic E-state index is 12.9. The minimum Gasteiger partial charge on any atom is -0.452 e. The summed E-state index contributed by atoms with van der Waals surface area (Å²) in [4.78, 5) is 30.6. The van der Waals surface area contributed by atoms with E-state index in [1.807, 2.05) is 56.3 Å². The number of alkyl halides is 2. The number of amides is 1. The summed E-state index contributed by atoms with van der Waals surface area (Å²) in [5, 5.41) is 3.13. The van der Waals surface area contributed by atoms with E-state index in [0.717, 1.165) is 11.4 Å². The van der Waals surface area contributed by atoms with E-state index in [0.29, 0.717) is 5.69 Å². The Hall–Kier alpha value is -3.46. The lowest BCUT2D eigenvalue weighted by atomic mass is 10.2. The highest BCUT2D eigenvalue weighted by molar-refractivity contribution is 7.99. The molecule has 0 aliphatic heterocycles. The van der Waals surface area contributed by atoms with Gasteiger partial charge in [-0.25, -0.2) is 9.78 Å². The van der Waals surface area contributed by atoms with Gasteiger partial charge in [-0.05, 0) is 74.1 Å². The maximum Gasteiger partial charge on any atom is 0.341 e. The molecule has 172 valence electrons. The van der Waals surface area contributed by atoms with Crippen molar-refractivity contribution in [3.8, 4) is 0 Å². The van der Waals surface area contributed by atoms with Crippen LogP contribution in [-0.2, 0) is 9.53 Å². The first-order valence-electron chi connectivity index (χ1n) is 10.2. The first kappa shape index (κ1) is 24.2. The molecule has 0 aliphatic rings. The number of para-hydroxylation sites is 1. The summed E-state index contributed by atoms with van der Waals surface area (Å²) >= 11 is 0.151. The Bertz CT molecular complexity index is 1080. The quantitative estimate of drug-likeness (QED) is 0.317. The summed E-state index contributed by atoms with van der Waals surface area (Å²) in [6, 6.07) is 19.5. The van der Waals surface area contributed by atoms with Crippen LogP contribution in [-0.4, -0.2) is 35.3 Å². The van der Waals surface area contributed by atoms with E-state index < -0.39 is 24.2 Å². The zero-order chi connectivity index (χ0) is 23.8. The third-order valence-electron chi connectivity index (χ3n) is 4.51. The zero-order valence-corrected chi connectivity index (χ0v) is 18.9. The van der Waals surface area contributed by atoms with Crippen molar-refractivity contribution in [3.05, 3.63) is 78.5 Å². The Morgan fingerprint density at radius 1 is 1.00 bits per heavy atom. The van der Waals surface area contributed by atoms with E-state index >= 15 is 0 Å². The van der Waals surface area contributed by atoms with Gasteiger partial charge in [0.15, 0.2) is 6.61 Å². The molecule has 0 aliphatic carbocycles. The van der Waals surface area contributed by atoms with Crippen molar-refractivity contribution in [1.29, 1.82) is 0 Å². The van der Waals surface area contributed by atoms with Crippen LogP contribution in [0.15, 0.2) is 78.0 Å². The average molecular weight is 472 g/mol. The molecule has 0 spiro atoms. The molecule has 0 saturated carbocycles. The Labute approximate surface area is 195 Å². The number of rotatable bonds is 9. The van der Waals surface area contributed by atoms with Gasteiger partial charge < -0.3 is 15.0 Å². The van der Waals surface area contributed by atoms with Crippen LogP contribution in [0.4, 0.5) is 25.8 Å². The van der Waals surface area contributed by atoms with Crippen LogP contribution < -0.4 is 10.2 Å². The fourth-order valence-corrected chi connectivity index (χ4v) is 3.69. The highest BCUT2D eigenvalue weighted by Crippen LogP contribution is 2.27. The largest absolute Gasteiger partial charge is 0.452 e. The first-order chi connectivity index (χ1) is 15.8. The van der Waals surface area contributed by atoms with Gasteiger partial charge in [-0.2, -0.15) is 8.78 Å². The summed E-state index contributed by atoms with van der Waals surface area (Å²) in [6.07, 6.45) is 1.31. The van der Waals surface area contributed by atoms with Gasteiger partial charge in [-0.15, -0.1) is 0 Å². The van der Waals surface area contributed by atoms with Crippen LogP contribution in [0.2, 0.25) is 0 Å². The number of aromatic nitrogens is 1. The summed E-state index contributed by atoms with van der Waals surface area (Å²) in [7, 11) is 0. The van der Waals surface area contributed by atoms with Gasteiger partial charge in [0, 0.05) is 29.3 Å². The third kappa shape index (κ3) is 6.76. The van der Waals surface area contributed by atoms with Crippen molar-refractivity contribution in [2.75, 3.05) is 16.8 Å². The van der Waals surface area contributed by atoms with Crippen molar-refractivity contribution in [1.82, 2.24) is 4.98 Å². The number of hydrogen-bond donors (Lipinski definition) is 1. The highest BCUT2D eigenvalue weighted by Gasteiger charge is 2.23. The molecule has 1 amide bonds. The van der Waals surface area contributed by atoms with Gasteiger partial charge in [0.1, 0.15) is 5.03 Å². The number of halogens is 2. The summed E-state index contributed by atoms with van der Waals surface area (Å²) in [5.74, 6) is -4.05. The monoisotopic (exact) mass is 471 g/mol. The highest BCUT2D eigenvalue weighted by atomic mass is 32.2. The van der Waals surface area contributed by atoms with Crippen molar-refractivity contribution < 1.29 is 23.1 Å². The fourth-order valence-electron chi connectivity index (χ4n) is 3.12. The Kier molecular flexibility index (Phi) is 8.37. The number of hydrogen-bond acceptors (Lipinski definition) is 6. The van der Waals surface area contributed by atoms with Crippen molar-refractivity contribution in [2.24, 2.45) is 0 Å². The predicted octanol–water partition coefficient (Wildman–Crippen LogP) is 5.74. The molecule has 1 N–H and O–H groups in total. The molecule has 0 saturated heterocycles. The normalized spacial score (nSPS) is 10.8. The Balaban J connectivity index is 1.66. The minimum absolute atomic E-state index is 0.108. The number of pyridine rings is 1. The Morgan fingerprint density at radius 2 is 1.67 bits per heavy atom. The van der Waals surface area contributed by atoms with Crippen LogP contribution in [0.25, 0.3) is 0 Å². The second-order valence-corrected chi connectivity index (χ2v) is 8.18. The van der Waals surface area contributed by atoms with Crippen molar-refractivity contribution >= 4 is 40.7 Å². The second-order valence-electron chi connectivity index (χ2n) is 7.21. The molecule has 3 aromatic rings. The lowest BCUT2D eigenvalue weighted by molar-refractivity contribution is -0.122. The number of anilines is 3. The number of nitrogens with zero attached hydrogens (tertiary/aromatic N) is 2. The van der Waals surface area contributed by atoms with Gasteiger partial charge in [0.25, 0.3) is 11.7 Å². The van der Waals surface area contributed by atoms with Crippen LogP contribution >= 0.6 is 11.8 Å². The topological polar surface area (TPSA) is 71.5 Å². The lowest BCUT2D eigenvalue weighted by Crippen LogP contribution is -2.40. The van der Waals surface area contributed by atoms with Crippen molar-refractivity contribution in [2.45, 2.75) is 30.7 Å². The predicted molar refractivity (Wildman–Crippen MR) is 125 cm³/mol. The number of carbonyl (C=O) groups is 2. The van der Waals surface area contributed by atoms with Crippen LogP contribution in [0.3, 0.4) is 0 Å². The molecule has 0 radical (unpaired) electrons. The number of benzene rings is 2. The molecule has 0 bridgehead atoms. The lowest BCUT2D eigenvalue weighted by Gasteiger charge is -2.27. The molecular weight excluding hydrogens is 448 g/mol. The molecule has 0 fully saturated rings. The molecule has 3 rings (SSSR count). The molecule has 0 atom stereocenters. The number of nitrogens with one attached hydrogen (secondary N) is 1. The molecule has 2 aromatic carbocycles. The molecule has 6 nitrogen and oxygen atoms in total. The maximum atomic E-state index is 12.9. The SMILES string of the molecule is CC(C)N(C(=O)COC(=O)c1cccnc1SC(F)F)c1ccc(Nc2ccccc2)cc1. The van der Waals surface area contributed by atoms with E-state index in [1.54, 1.807) is 12.1 Å². The zero-order valence-electron chi connectivity index (χ0n) is 18.1. The van der Waals surface area contributed by atoms with E-state index in [4.69, 9.17) is 4.74 Å². The molecule has 9 heteroatoms. The summed E-state index contributed by atoms with van der Waals surface area (Å²) in [5.41, 5.74) is 2.32. The van der Waals surface area contributed by atoms with Crippen LogP contribution in [0, 0.1) is 0 Å². The van der Waals surface area contributed by atoms with Gasteiger partial charge in [-0.1, -0.05) is 18.2 Å². The molecule has 33 heavy (non-hydrogen) atoms.